The van der Waals surface area contributed by atoms with Crippen LogP contribution in [0.4, 0.5) is 0 Å². The Labute approximate surface area is 122 Å². The first-order valence-corrected chi connectivity index (χ1v) is 7.64. The van der Waals surface area contributed by atoms with E-state index in [2.05, 4.69) is 31.3 Å². The zero-order chi connectivity index (χ0) is 14.4. The van der Waals surface area contributed by atoms with Crippen LogP contribution < -0.4 is 10.1 Å². The Morgan fingerprint density at radius 2 is 2.10 bits per heavy atom. The molecule has 2 rings (SSSR count). The Balaban J connectivity index is 1.83. The van der Waals surface area contributed by atoms with E-state index in [-0.39, 0.29) is 5.60 Å². The van der Waals surface area contributed by atoms with E-state index < -0.39 is 0 Å². The summed E-state index contributed by atoms with van der Waals surface area (Å²) in [5.74, 6) is 0.898. The number of hydrogen-bond acceptors (Lipinski definition) is 3. The van der Waals surface area contributed by atoms with Gasteiger partial charge in [0.25, 0.3) is 0 Å². The van der Waals surface area contributed by atoms with Crippen LogP contribution in [-0.2, 0) is 11.3 Å². The minimum absolute atomic E-state index is 0.102. The summed E-state index contributed by atoms with van der Waals surface area (Å²) < 4.78 is 11.5. The van der Waals surface area contributed by atoms with Crippen molar-refractivity contribution in [3.63, 3.8) is 0 Å². The van der Waals surface area contributed by atoms with Crippen molar-refractivity contribution in [2.24, 2.45) is 0 Å². The average molecular weight is 277 g/mol. The van der Waals surface area contributed by atoms with Gasteiger partial charge in [-0.05, 0) is 49.9 Å². The molecule has 1 fully saturated rings. The van der Waals surface area contributed by atoms with Crippen molar-refractivity contribution in [1.82, 2.24) is 5.32 Å². The summed E-state index contributed by atoms with van der Waals surface area (Å²) in [5, 5.41) is 3.49. The Kier molecular flexibility index (Phi) is 5.44. The molecular weight excluding hydrogens is 250 g/mol. The Hall–Kier alpha value is -1.06. The van der Waals surface area contributed by atoms with Crippen molar-refractivity contribution in [1.29, 1.82) is 0 Å². The highest BCUT2D eigenvalue weighted by atomic mass is 16.5. The standard InChI is InChI=1S/C17H27NO2/c1-14(2)18-11-10-17(8-5-9-17)20-13-15-6-4-7-16(12-15)19-3/h4,6-7,12,14,18H,5,8-11,13H2,1-3H3. The number of ether oxygens (including phenoxy) is 2. The van der Waals surface area contributed by atoms with Gasteiger partial charge in [0.15, 0.2) is 0 Å². The Morgan fingerprint density at radius 3 is 2.70 bits per heavy atom. The summed E-state index contributed by atoms with van der Waals surface area (Å²) in [5.41, 5.74) is 1.29. The second-order valence-electron chi connectivity index (χ2n) is 6.04. The quantitative estimate of drug-likeness (QED) is 0.788. The maximum Gasteiger partial charge on any atom is 0.119 e. The monoisotopic (exact) mass is 277 g/mol. The molecule has 0 amide bonds. The van der Waals surface area contributed by atoms with Gasteiger partial charge in [-0.1, -0.05) is 26.0 Å². The minimum atomic E-state index is 0.102. The molecule has 1 N–H and O–H groups in total. The molecule has 0 aromatic heterocycles. The molecular formula is C17H27NO2. The van der Waals surface area contributed by atoms with E-state index in [1.54, 1.807) is 7.11 Å². The maximum atomic E-state index is 6.24. The van der Waals surface area contributed by atoms with Gasteiger partial charge in [-0.15, -0.1) is 0 Å². The van der Waals surface area contributed by atoms with Crippen molar-refractivity contribution in [3.8, 4) is 5.75 Å². The highest BCUT2D eigenvalue weighted by Gasteiger charge is 2.37. The lowest BCUT2D eigenvalue weighted by atomic mass is 9.77. The van der Waals surface area contributed by atoms with Crippen molar-refractivity contribution >= 4 is 0 Å². The third-order valence-corrected chi connectivity index (χ3v) is 4.08. The molecule has 1 aliphatic carbocycles. The summed E-state index contributed by atoms with van der Waals surface area (Å²) in [7, 11) is 1.70. The normalized spacial score (nSPS) is 17.0. The summed E-state index contributed by atoms with van der Waals surface area (Å²) >= 11 is 0. The van der Waals surface area contributed by atoms with Crippen LogP contribution in [0.1, 0.15) is 45.1 Å². The smallest absolute Gasteiger partial charge is 0.119 e. The first-order valence-electron chi connectivity index (χ1n) is 7.64. The lowest BCUT2D eigenvalue weighted by molar-refractivity contribution is -0.114. The Morgan fingerprint density at radius 1 is 1.30 bits per heavy atom. The number of methoxy groups -OCH3 is 1. The van der Waals surface area contributed by atoms with Crippen LogP contribution in [0.15, 0.2) is 24.3 Å². The number of benzene rings is 1. The zero-order valence-electron chi connectivity index (χ0n) is 12.9. The van der Waals surface area contributed by atoms with Crippen LogP contribution in [0, 0.1) is 0 Å². The van der Waals surface area contributed by atoms with Crippen molar-refractivity contribution < 1.29 is 9.47 Å². The number of hydrogen-bond donors (Lipinski definition) is 1. The summed E-state index contributed by atoms with van der Waals surface area (Å²) in [4.78, 5) is 0. The van der Waals surface area contributed by atoms with E-state index in [9.17, 15) is 0 Å². The minimum Gasteiger partial charge on any atom is -0.497 e. The van der Waals surface area contributed by atoms with Gasteiger partial charge in [-0.25, -0.2) is 0 Å². The van der Waals surface area contributed by atoms with Gasteiger partial charge in [0.2, 0.25) is 0 Å². The molecule has 0 bridgehead atoms. The third kappa shape index (κ3) is 4.22. The van der Waals surface area contributed by atoms with E-state index in [1.807, 2.05) is 12.1 Å². The SMILES string of the molecule is COc1cccc(COC2(CCNC(C)C)CCC2)c1. The number of rotatable bonds is 8. The van der Waals surface area contributed by atoms with Crippen LogP contribution in [0.3, 0.4) is 0 Å². The molecule has 0 saturated heterocycles. The van der Waals surface area contributed by atoms with Crippen molar-refractivity contribution in [2.45, 2.75) is 57.8 Å². The van der Waals surface area contributed by atoms with E-state index in [0.717, 1.165) is 18.7 Å². The molecule has 3 heteroatoms. The average Bonchev–Trinajstić information content (AvgIpc) is 2.40. The topological polar surface area (TPSA) is 30.5 Å². The third-order valence-electron chi connectivity index (χ3n) is 4.08. The van der Waals surface area contributed by atoms with Gasteiger partial charge in [-0.3, -0.25) is 0 Å². The highest BCUT2D eigenvalue weighted by molar-refractivity contribution is 5.27. The van der Waals surface area contributed by atoms with Gasteiger partial charge in [0.05, 0.1) is 19.3 Å². The van der Waals surface area contributed by atoms with Gasteiger partial charge in [0, 0.05) is 6.04 Å². The number of nitrogens with one attached hydrogen (secondary N) is 1. The van der Waals surface area contributed by atoms with Crippen LogP contribution in [-0.4, -0.2) is 25.3 Å². The highest BCUT2D eigenvalue weighted by Crippen LogP contribution is 2.39. The molecule has 0 spiro atoms. The molecule has 0 aliphatic heterocycles. The van der Waals surface area contributed by atoms with Crippen molar-refractivity contribution in [2.75, 3.05) is 13.7 Å². The molecule has 3 nitrogen and oxygen atoms in total. The second-order valence-corrected chi connectivity index (χ2v) is 6.04. The van der Waals surface area contributed by atoms with Crippen molar-refractivity contribution in [3.05, 3.63) is 29.8 Å². The molecule has 1 aromatic carbocycles. The lowest BCUT2D eigenvalue weighted by Gasteiger charge is -2.42. The van der Waals surface area contributed by atoms with Gasteiger partial charge in [0.1, 0.15) is 5.75 Å². The molecule has 1 aliphatic rings. The summed E-state index contributed by atoms with van der Waals surface area (Å²) in [6.07, 6.45) is 4.78. The van der Waals surface area contributed by atoms with Crippen LogP contribution >= 0.6 is 0 Å². The van der Waals surface area contributed by atoms with Gasteiger partial charge < -0.3 is 14.8 Å². The molecule has 1 aromatic rings. The van der Waals surface area contributed by atoms with Crippen LogP contribution in [0.25, 0.3) is 0 Å². The first-order chi connectivity index (χ1) is 9.63. The maximum absolute atomic E-state index is 6.24. The van der Waals surface area contributed by atoms with Gasteiger partial charge >= 0.3 is 0 Å². The van der Waals surface area contributed by atoms with E-state index in [1.165, 1.54) is 24.8 Å². The predicted octanol–water partition coefficient (Wildman–Crippen LogP) is 3.52. The lowest BCUT2D eigenvalue weighted by Crippen LogP contribution is -2.43. The predicted molar refractivity (Wildman–Crippen MR) is 82.1 cm³/mol. The second kappa shape index (κ2) is 7.09. The fraction of sp³-hybridized carbons (Fsp3) is 0.647. The largest absolute Gasteiger partial charge is 0.497 e. The molecule has 0 heterocycles. The fourth-order valence-electron chi connectivity index (χ4n) is 2.62. The molecule has 0 radical (unpaired) electrons. The molecule has 1 saturated carbocycles. The molecule has 0 atom stereocenters. The molecule has 112 valence electrons. The Bertz CT molecular complexity index is 413. The van der Waals surface area contributed by atoms with E-state index >= 15 is 0 Å². The first kappa shape index (κ1) is 15.3. The van der Waals surface area contributed by atoms with Crippen LogP contribution in [0.5, 0.6) is 5.75 Å². The zero-order valence-corrected chi connectivity index (χ0v) is 12.9. The summed E-state index contributed by atoms with van der Waals surface area (Å²) in [6, 6.07) is 8.69. The van der Waals surface area contributed by atoms with Gasteiger partial charge in [-0.2, -0.15) is 0 Å². The summed E-state index contributed by atoms with van der Waals surface area (Å²) in [6.45, 7) is 6.09. The molecule has 20 heavy (non-hydrogen) atoms. The molecule has 0 unspecified atom stereocenters. The van der Waals surface area contributed by atoms with Crippen LogP contribution in [0.2, 0.25) is 0 Å². The van der Waals surface area contributed by atoms with E-state index in [4.69, 9.17) is 9.47 Å². The van der Waals surface area contributed by atoms with E-state index in [0.29, 0.717) is 12.6 Å². The fourth-order valence-corrected chi connectivity index (χ4v) is 2.62.